The highest BCUT2D eigenvalue weighted by molar-refractivity contribution is 6.36. The molecule has 2 amide bonds. The largest absolute Gasteiger partial charge is 0.304 e. The number of rotatable bonds is 3. The first-order chi connectivity index (χ1) is 14.4. The van der Waals surface area contributed by atoms with E-state index in [0.717, 1.165) is 0 Å². The first kappa shape index (κ1) is 20.4. The lowest BCUT2D eigenvalue weighted by Crippen LogP contribution is -2.54. The number of benzene rings is 3. The van der Waals surface area contributed by atoms with Gasteiger partial charge in [-0.1, -0.05) is 41.4 Å². The van der Waals surface area contributed by atoms with Crippen LogP contribution in [0.1, 0.15) is 22.8 Å². The molecule has 1 unspecified atom stereocenters. The third kappa shape index (κ3) is 3.55. The van der Waals surface area contributed by atoms with E-state index in [0.29, 0.717) is 32.5 Å². The van der Waals surface area contributed by atoms with Crippen LogP contribution in [0.4, 0.5) is 15.8 Å². The maximum atomic E-state index is 13.3. The van der Waals surface area contributed by atoms with Gasteiger partial charge in [-0.25, -0.2) is 4.39 Å². The number of hydrogen-bond acceptors (Lipinski definition) is 2. The van der Waals surface area contributed by atoms with Gasteiger partial charge in [-0.2, -0.15) is 0 Å². The second-order valence-corrected chi connectivity index (χ2v) is 7.79. The number of fused-ring (bicyclic) bond motifs is 1. The Kier molecular flexibility index (Phi) is 5.50. The zero-order valence-corrected chi connectivity index (χ0v) is 17.5. The van der Waals surface area contributed by atoms with Crippen LogP contribution in [0.2, 0.25) is 10.0 Å². The van der Waals surface area contributed by atoms with Crippen molar-refractivity contribution in [1.29, 1.82) is 0 Å². The third-order valence-electron chi connectivity index (χ3n) is 5.13. The van der Waals surface area contributed by atoms with Crippen molar-refractivity contribution in [3.63, 3.8) is 0 Å². The molecule has 1 atom stereocenters. The standard InChI is InChI=1S/C23H17Cl2FN2O2/c1-14-22(29)27(13-17-18(24)5-4-6-19(17)25)20-7-2-3-8-21(20)28(14)23(30)15-9-11-16(26)12-10-15/h2-12,14H,13H2,1H3. The van der Waals surface area contributed by atoms with E-state index in [1.807, 2.05) is 0 Å². The summed E-state index contributed by atoms with van der Waals surface area (Å²) in [6.45, 7) is 1.85. The number of carbonyl (C=O) groups excluding carboxylic acids is 2. The lowest BCUT2D eigenvalue weighted by atomic mass is 10.0. The average molecular weight is 443 g/mol. The van der Waals surface area contributed by atoms with Crippen molar-refractivity contribution in [1.82, 2.24) is 0 Å². The molecule has 4 rings (SSSR count). The van der Waals surface area contributed by atoms with Crippen molar-refractivity contribution in [3.05, 3.63) is 93.7 Å². The maximum absolute atomic E-state index is 13.3. The van der Waals surface area contributed by atoms with Crippen LogP contribution in [-0.4, -0.2) is 17.9 Å². The summed E-state index contributed by atoms with van der Waals surface area (Å²) in [6.07, 6.45) is 0. The molecule has 0 fully saturated rings. The number of carbonyl (C=O) groups is 2. The van der Waals surface area contributed by atoms with E-state index in [2.05, 4.69) is 0 Å². The second-order valence-electron chi connectivity index (χ2n) is 6.97. The van der Waals surface area contributed by atoms with E-state index in [1.165, 1.54) is 29.2 Å². The summed E-state index contributed by atoms with van der Waals surface area (Å²) in [4.78, 5) is 29.5. The Balaban J connectivity index is 1.77. The summed E-state index contributed by atoms with van der Waals surface area (Å²) in [5, 5.41) is 0.926. The van der Waals surface area contributed by atoms with E-state index in [1.54, 1.807) is 54.3 Å². The fraction of sp³-hybridized carbons (Fsp3) is 0.130. The average Bonchev–Trinajstić information content (AvgIpc) is 2.74. The lowest BCUT2D eigenvalue weighted by Gasteiger charge is -2.40. The molecule has 7 heteroatoms. The molecule has 0 saturated carbocycles. The van der Waals surface area contributed by atoms with Gasteiger partial charge in [-0.05, 0) is 55.5 Å². The molecular weight excluding hydrogens is 426 g/mol. The summed E-state index contributed by atoms with van der Waals surface area (Å²) >= 11 is 12.6. The van der Waals surface area contributed by atoms with Gasteiger partial charge < -0.3 is 4.90 Å². The van der Waals surface area contributed by atoms with E-state index in [-0.39, 0.29) is 18.4 Å². The number of para-hydroxylation sites is 2. The number of amides is 2. The fourth-order valence-electron chi connectivity index (χ4n) is 3.58. The molecule has 1 aliphatic heterocycles. The Bertz CT molecular complexity index is 1110. The molecular formula is C23H17Cl2FN2O2. The lowest BCUT2D eigenvalue weighted by molar-refractivity contribution is -0.119. The van der Waals surface area contributed by atoms with Gasteiger partial charge in [-0.15, -0.1) is 0 Å². The van der Waals surface area contributed by atoms with Crippen molar-refractivity contribution in [2.24, 2.45) is 0 Å². The molecule has 4 nitrogen and oxygen atoms in total. The van der Waals surface area contributed by atoms with Crippen molar-refractivity contribution in [2.75, 3.05) is 9.80 Å². The SMILES string of the molecule is CC1C(=O)N(Cc2c(Cl)cccc2Cl)c2ccccc2N1C(=O)c1ccc(F)cc1. The molecule has 3 aromatic rings. The minimum atomic E-state index is -0.765. The van der Waals surface area contributed by atoms with Crippen molar-refractivity contribution in [2.45, 2.75) is 19.5 Å². The van der Waals surface area contributed by atoms with Gasteiger partial charge in [-0.3, -0.25) is 14.5 Å². The van der Waals surface area contributed by atoms with Crippen LogP contribution in [0, 0.1) is 5.82 Å². The molecule has 152 valence electrons. The molecule has 0 aromatic heterocycles. The van der Waals surface area contributed by atoms with E-state index in [9.17, 15) is 14.0 Å². The zero-order valence-electron chi connectivity index (χ0n) is 16.0. The summed E-state index contributed by atoms with van der Waals surface area (Å²) in [5.74, 6) is -1.07. The Hall–Kier alpha value is -2.89. The normalized spacial score (nSPS) is 15.9. The molecule has 3 aromatic carbocycles. The van der Waals surface area contributed by atoms with Crippen LogP contribution in [-0.2, 0) is 11.3 Å². The molecule has 0 aliphatic carbocycles. The van der Waals surface area contributed by atoms with Crippen LogP contribution in [0.25, 0.3) is 0 Å². The minimum absolute atomic E-state index is 0.178. The Morgan fingerprint density at radius 3 is 2.17 bits per heavy atom. The third-order valence-corrected chi connectivity index (χ3v) is 5.84. The van der Waals surface area contributed by atoms with Crippen LogP contribution in [0.3, 0.4) is 0 Å². The Morgan fingerprint density at radius 2 is 1.53 bits per heavy atom. The number of hydrogen-bond donors (Lipinski definition) is 0. The molecule has 30 heavy (non-hydrogen) atoms. The molecule has 0 N–H and O–H groups in total. The quantitative estimate of drug-likeness (QED) is 0.520. The highest BCUT2D eigenvalue weighted by atomic mass is 35.5. The summed E-state index contributed by atoms with van der Waals surface area (Å²) in [5.41, 5.74) is 2.09. The highest BCUT2D eigenvalue weighted by Crippen LogP contribution is 2.39. The van der Waals surface area contributed by atoms with Gasteiger partial charge in [0, 0.05) is 21.2 Å². The van der Waals surface area contributed by atoms with E-state index >= 15 is 0 Å². The molecule has 0 spiro atoms. The minimum Gasteiger partial charge on any atom is -0.304 e. The summed E-state index contributed by atoms with van der Waals surface area (Å²) < 4.78 is 13.3. The summed E-state index contributed by atoms with van der Waals surface area (Å²) in [7, 11) is 0. The van der Waals surface area contributed by atoms with Crippen molar-refractivity contribution in [3.8, 4) is 0 Å². The van der Waals surface area contributed by atoms with Crippen LogP contribution in [0.15, 0.2) is 66.7 Å². The number of anilines is 2. The van der Waals surface area contributed by atoms with Gasteiger partial charge in [0.05, 0.1) is 17.9 Å². The second kappa shape index (κ2) is 8.09. The van der Waals surface area contributed by atoms with E-state index in [4.69, 9.17) is 23.2 Å². The monoisotopic (exact) mass is 442 g/mol. The summed E-state index contributed by atoms with van der Waals surface area (Å²) in [6, 6.07) is 16.8. The number of nitrogens with zero attached hydrogens (tertiary/aromatic N) is 2. The van der Waals surface area contributed by atoms with Gasteiger partial charge >= 0.3 is 0 Å². The topological polar surface area (TPSA) is 40.6 Å². The predicted octanol–water partition coefficient (Wildman–Crippen LogP) is 5.71. The fourth-order valence-corrected chi connectivity index (χ4v) is 4.10. The van der Waals surface area contributed by atoms with E-state index < -0.39 is 11.9 Å². The molecule has 0 saturated heterocycles. The van der Waals surface area contributed by atoms with Crippen molar-refractivity contribution < 1.29 is 14.0 Å². The van der Waals surface area contributed by atoms with Crippen LogP contribution >= 0.6 is 23.2 Å². The maximum Gasteiger partial charge on any atom is 0.259 e. The van der Waals surface area contributed by atoms with Gasteiger partial charge in [0.25, 0.3) is 5.91 Å². The molecule has 1 aliphatic rings. The Morgan fingerprint density at radius 1 is 0.933 bits per heavy atom. The van der Waals surface area contributed by atoms with Crippen molar-refractivity contribution >= 4 is 46.4 Å². The zero-order chi connectivity index (χ0) is 21.4. The first-order valence-electron chi connectivity index (χ1n) is 9.31. The van der Waals surface area contributed by atoms with Crippen LogP contribution in [0.5, 0.6) is 0 Å². The van der Waals surface area contributed by atoms with Crippen LogP contribution < -0.4 is 9.80 Å². The molecule has 1 heterocycles. The van der Waals surface area contributed by atoms with Gasteiger partial charge in [0.15, 0.2) is 0 Å². The highest BCUT2D eigenvalue weighted by Gasteiger charge is 2.39. The first-order valence-corrected chi connectivity index (χ1v) is 10.1. The number of halogens is 3. The Labute approximate surface area is 183 Å². The smallest absolute Gasteiger partial charge is 0.259 e. The predicted molar refractivity (Wildman–Crippen MR) is 117 cm³/mol. The van der Waals surface area contributed by atoms with Gasteiger partial charge in [0.2, 0.25) is 5.91 Å². The molecule has 0 radical (unpaired) electrons. The van der Waals surface area contributed by atoms with Gasteiger partial charge in [0.1, 0.15) is 11.9 Å². The molecule has 0 bridgehead atoms.